The summed E-state index contributed by atoms with van der Waals surface area (Å²) in [5, 5.41) is 6.65. The van der Waals surface area contributed by atoms with Crippen LogP contribution in [0.25, 0.3) is 0 Å². The molecule has 156 valence electrons. The van der Waals surface area contributed by atoms with E-state index in [2.05, 4.69) is 88.3 Å². The zero-order valence-corrected chi connectivity index (χ0v) is 18.3. The SMILES string of the molecule is C=NN1CC23c4c(cccc41)Cc1ccc4c(c12)C1c2c(cccc2Cc2ccc[n+]3c21)C4. The summed E-state index contributed by atoms with van der Waals surface area (Å²) in [5.74, 6) is 0.338. The summed E-state index contributed by atoms with van der Waals surface area (Å²) in [5.41, 5.74) is 17.6. The molecule has 9 rings (SSSR count). The van der Waals surface area contributed by atoms with Gasteiger partial charge >= 0.3 is 0 Å². The number of rotatable bonds is 1. The van der Waals surface area contributed by atoms with E-state index in [9.17, 15) is 0 Å². The molecule has 0 fully saturated rings. The van der Waals surface area contributed by atoms with Crippen LogP contribution in [0.3, 0.4) is 0 Å². The molecule has 2 atom stereocenters. The predicted molar refractivity (Wildman–Crippen MR) is 128 cm³/mol. The van der Waals surface area contributed by atoms with Gasteiger partial charge in [0, 0.05) is 30.3 Å². The van der Waals surface area contributed by atoms with E-state index < -0.39 is 0 Å². The molecule has 5 aliphatic rings. The Morgan fingerprint density at radius 3 is 2.30 bits per heavy atom. The van der Waals surface area contributed by atoms with Crippen LogP contribution in [0.4, 0.5) is 5.69 Å². The number of hydrazone groups is 1. The molecule has 4 aromatic rings. The molecule has 0 saturated heterocycles. The number of hydrogen-bond acceptors (Lipinski definition) is 2. The Labute approximate surface area is 192 Å². The quantitative estimate of drug-likeness (QED) is 0.283. The van der Waals surface area contributed by atoms with E-state index >= 15 is 0 Å². The molecule has 3 aromatic carbocycles. The standard InChI is InChI=1S/C30H22N3/c1-31-33-16-30-27-20(7-3-9-23(27)33)15-21-11-10-19-13-17-5-2-6-18-14-22-8-4-12-32(30)29(22)26(24(17)18)25(19)28(21)30/h2-12,26H,1,13-16H2/q+1. The van der Waals surface area contributed by atoms with E-state index in [1.54, 1.807) is 16.7 Å². The van der Waals surface area contributed by atoms with Gasteiger partial charge in [0.25, 0.3) is 0 Å². The Hall–Kier alpha value is -3.72. The molecule has 0 radical (unpaired) electrons. The van der Waals surface area contributed by atoms with Crippen LogP contribution < -0.4 is 9.58 Å². The molecule has 0 N–H and O–H groups in total. The van der Waals surface area contributed by atoms with Crippen LogP contribution in [-0.2, 0) is 24.8 Å². The van der Waals surface area contributed by atoms with Crippen LogP contribution >= 0.6 is 0 Å². The van der Waals surface area contributed by atoms with Crippen molar-refractivity contribution in [2.45, 2.75) is 30.7 Å². The maximum atomic E-state index is 4.50. The molecule has 2 unspecified atom stereocenters. The van der Waals surface area contributed by atoms with Crippen LogP contribution in [0.1, 0.15) is 67.2 Å². The number of aromatic nitrogens is 1. The lowest BCUT2D eigenvalue weighted by atomic mass is 9.60. The average molecular weight is 425 g/mol. The third-order valence-electron chi connectivity index (χ3n) is 9.02. The van der Waals surface area contributed by atoms with Crippen molar-refractivity contribution in [2.75, 3.05) is 11.6 Å². The second-order valence-electron chi connectivity index (χ2n) is 10.3. The Kier molecular flexibility index (Phi) is 2.68. The van der Waals surface area contributed by atoms with E-state index in [1.807, 2.05) is 0 Å². The number of nitrogens with zero attached hydrogens (tertiary/aromatic N) is 3. The van der Waals surface area contributed by atoms with Gasteiger partial charge in [0.1, 0.15) is 6.54 Å². The van der Waals surface area contributed by atoms with Crippen LogP contribution in [0.5, 0.6) is 0 Å². The van der Waals surface area contributed by atoms with Crippen LogP contribution in [0, 0.1) is 0 Å². The highest BCUT2D eigenvalue weighted by atomic mass is 15.5. The predicted octanol–water partition coefficient (Wildman–Crippen LogP) is 4.41. The second-order valence-corrected chi connectivity index (χ2v) is 10.3. The van der Waals surface area contributed by atoms with E-state index in [-0.39, 0.29) is 5.54 Å². The first-order chi connectivity index (χ1) is 16.3. The molecular formula is C30H22N3+. The van der Waals surface area contributed by atoms with Crippen LogP contribution in [0.15, 0.2) is 72.0 Å². The summed E-state index contributed by atoms with van der Waals surface area (Å²) in [6.07, 6.45) is 5.40. The first-order valence-electron chi connectivity index (χ1n) is 12.0. The summed E-state index contributed by atoms with van der Waals surface area (Å²) in [6, 6.07) is 23.2. The van der Waals surface area contributed by atoms with Crippen molar-refractivity contribution >= 4 is 12.4 Å². The van der Waals surface area contributed by atoms with E-state index in [0.717, 1.165) is 25.8 Å². The maximum absolute atomic E-state index is 4.50. The van der Waals surface area contributed by atoms with Gasteiger partial charge in [-0.1, -0.05) is 42.5 Å². The van der Waals surface area contributed by atoms with Gasteiger partial charge in [0.2, 0.25) is 5.54 Å². The molecule has 3 heterocycles. The highest BCUT2D eigenvalue weighted by Crippen LogP contribution is 2.58. The molecule has 0 saturated carbocycles. The van der Waals surface area contributed by atoms with Crippen molar-refractivity contribution in [2.24, 2.45) is 5.10 Å². The Morgan fingerprint density at radius 2 is 1.42 bits per heavy atom. The second kappa shape index (κ2) is 5.26. The van der Waals surface area contributed by atoms with Crippen molar-refractivity contribution in [1.82, 2.24) is 0 Å². The lowest BCUT2D eigenvalue weighted by Gasteiger charge is -2.45. The highest BCUT2D eigenvalue weighted by Gasteiger charge is 2.63. The first kappa shape index (κ1) is 16.8. The average Bonchev–Trinajstić information content (AvgIpc) is 3.19. The fraction of sp³-hybridized carbons (Fsp3) is 0.200. The highest BCUT2D eigenvalue weighted by molar-refractivity contribution is 5.75. The van der Waals surface area contributed by atoms with Gasteiger partial charge in [-0.15, -0.1) is 0 Å². The molecule has 1 spiro atoms. The minimum absolute atomic E-state index is 0.238. The normalized spacial score (nSPS) is 23.2. The molecule has 2 aliphatic heterocycles. The molecule has 3 heteroatoms. The summed E-state index contributed by atoms with van der Waals surface area (Å²) in [7, 11) is 0. The van der Waals surface area contributed by atoms with Crippen molar-refractivity contribution < 1.29 is 4.57 Å². The van der Waals surface area contributed by atoms with Gasteiger partial charge < -0.3 is 0 Å². The third kappa shape index (κ3) is 1.67. The fourth-order valence-corrected chi connectivity index (χ4v) is 8.03. The summed E-state index contributed by atoms with van der Waals surface area (Å²) >= 11 is 0. The molecule has 0 bridgehead atoms. The number of benzene rings is 3. The van der Waals surface area contributed by atoms with E-state index in [1.165, 1.54) is 50.3 Å². The van der Waals surface area contributed by atoms with Crippen molar-refractivity contribution in [3.63, 3.8) is 0 Å². The summed E-state index contributed by atoms with van der Waals surface area (Å²) in [4.78, 5) is 0. The van der Waals surface area contributed by atoms with Gasteiger partial charge in [-0.2, -0.15) is 9.67 Å². The van der Waals surface area contributed by atoms with E-state index in [4.69, 9.17) is 0 Å². The monoisotopic (exact) mass is 424 g/mol. The van der Waals surface area contributed by atoms with Crippen LogP contribution in [-0.4, -0.2) is 13.3 Å². The lowest BCUT2D eigenvalue weighted by Crippen LogP contribution is -2.67. The maximum Gasteiger partial charge on any atom is 0.241 e. The Bertz CT molecular complexity index is 1600. The van der Waals surface area contributed by atoms with Crippen molar-refractivity contribution in [1.29, 1.82) is 0 Å². The van der Waals surface area contributed by atoms with Gasteiger partial charge in [0.15, 0.2) is 11.9 Å². The fourth-order valence-electron chi connectivity index (χ4n) is 8.03. The molecule has 3 nitrogen and oxygen atoms in total. The molecule has 1 aromatic heterocycles. The van der Waals surface area contributed by atoms with Crippen LogP contribution in [0.2, 0.25) is 0 Å². The van der Waals surface area contributed by atoms with Gasteiger partial charge in [-0.3, -0.25) is 5.01 Å². The number of hydrogen-bond donors (Lipinski definition) is 0. The molecule has 33 heavy (non-hydrogen) atoms. The number of anilines is 1. The topological polar surface area (TPSA) is 19.5 Å². The minimum atomic E-state index is -0.238. The van der Waals surface area contributed by atoms with Gasteiger partial charge in [-0.05, 0) is 63.9 Å². The Balaban J connectivity index is 1.51. The largest absolute Gasteiger partial charge is 0.258 e. The molecular weight excluding hydrogens is 402 g/mol. The lowest BCUT2D eigenvalue weighted by molar-refractivity contribution is -0.750. The molecule has 0 amide bonds. The van der Waals surface area contributed by atoms with Gasteiger partial charge in [-0.25, -0.2) is 0 Å². The number of pyridine rings is 1. The van der Waals surface area contributed by atoms with Crippen molar-refractivity contribution in [3.8, 4) is 0 Å². The smallest absolute Gasteiger partial charge is 0.241 e. The third-order valence-corrected chi connectivity index (χ3v) is 9.02. The zero-order valence-electron chi connectivity index (χ0n) is 18.3. The summed E-state index contributed by atoms with van der Waals surface area (Å²) < 4.78 is 2.65. The summed E-state index contributed by atoms with van der Waals surface area (Å²) in [6.45, 7) is 4.78. The van der Waals surface area contributed by atoms with E-state index in [0.29, 0.717) is 5.92 Å². The van der Waals surface area contributed by atoms with Gasteiger partial charge in [0.05, 0.1) is 17.2 Å². The minimum Gasteiger partial charge on any atom is -0.258 e. The Morgan fingerprint density at radius 1 is 0.758 bits per heavy atom. The van der Waals surface area contributed by atoms with Crippen molar-refractivity contribution in [3.05, 3.63) is 128 Å². The molecule has 3 aliphatic carbocycles. The first-order valence-corrected chi connectivity index (χ1v) is 12.0. The zero-order chi connectivity index (χ0) is 21.5.